The van der Waals surface area contributed by atoms with Crippen LogP contribution in [0.3, 0.4) is 0 Å². The third-order valence-electron chi connectivity index (χ3n) is 4.69. The highest BCUT2D eigenvalue weighted by Crippen LogP contribution is 2.44. The first-order chi connectivity index (χ1) is 12.8. The van der Waals surface area contributed by atoms with E-state index >= 15 is 0 Å². The highest BCUT2D eigenvalue weighted by molar-refractivity contribution is 7.16. The maximum Gasteiger partial charge on any atom is 0.234 e. The Morgan fingerprint density at radius 1 is 1.19 bits per heavy atom. The van der Waals surface area contributed by atoms with Gasteiger partial charge < -0.3 is 35.0 Å². The van der Waals surface area contributed by atoms with Crippen LogP contribution in [0.4, 0.5) is 0 Å². The van der Waals surface area contributed by atoms with Crippen molar-refractivity contribution < 1.29 is 35.0 Å². The average molecular weight is 417 g/mol. The quantitative estimate of drug-likeness (QED) is 0.492. The summed E-state index contributed by atoms with van der Waals surface area (Å²) in [6.07, 6.45) is -5.28. The van der Waals surface area contributed by atoms with Gasteiger partial charge in [-0.1, -0.05) is 23.7 Å². The van der Waals surface area contributed by atoms with E-state index in [4.69, 9.17) is 21.1 Å². The number of phenolic OH excluding ortho intramolecular Hbond substituents is 1. The zero-order valence-corrected chi connectivity index (χ0v) is 16.0. The number of hydrogen-bond acceptors (Lipinski definition) is 8. The van der Waals surface area contributed by atoms with Crippen LogP contribution in [0.25, 0.3) is 0 Å². The van der Waals surface area contributed by atoms with Gasteiger partial charge in [0.25, 0.3) is 0 Å². The summed E-state index contributed by atoms with van der Waals surface area (Å²) in [6, 6.07) is 8.38. The third-order valence-corrected chi connectivity index (χ3v) is 6.22. The van der Waals surface area contributed by atoms with Gasteiger partial charge in [-0.15, -0.1) is 11.3 Å². The fraction of sp³-hybridized carbons (Fsp3) is 0.444. The van der Waals surface area contributed by atoms with E-state index in [1.54, 1.807) is 30.3 Å². The van der Waals surface area contributed by atoms with Crippen LogP contribution in [-0.2, 0) is 21.7 Å². The fourth-order valence-electron chi connectivity index (χ4n) is 3.15. The topological polar surface area (TPSA) is 120 Å². The molecule has 0 aliphatic carbocycles. The van der Waals surface area contributed by atoms with Crippen molar-refractivity contribution in [3.63, 3.8) is 0 Å². The Balaban J connectivity index is 1.95. The van der Waals surface area contributed by atoms with Crippen molar-refractivity contribution >= 4 is 22.9 Å². The van der Waals surface area contributed by atoms with Gasteiger partial charge in [-0.05, 0) is 35.7 Å². The Bertz CT molecular complexity index is 779. The van der Waals surface area contributed by atoms with E-state index in [9.17, 15) is 25.5 Å². The zero-order valence-electron chi connectivity index (χ0n) is 14.4. The molecule has 3 rings (SSSR count). The van der Waals surface area contributed by atoms with Gasteiger partial charge in [0.2, 0.25) is 5.79 Å². The molecular formula is C18H21ClO7S. The minimum absolute atomic E-state index is 0.163. The van der Waals surface area contributed by atoms with Crippen molar-refractivity contribution in [3.05, 3.63) is 50.7 Å². The predicted molar refractivity (Wildman–Crippen MR) is 98.9 cm³/mol. The number of benzene rings is 1. The number of ether oxygens (including phenoxy) is 2. The van der Waals surface area contributed by atoms with Gasteiger partial charge in [-0.25, -0.2) is 0 Å². The number of phenols is 1. The summed E-state index contributed by atoms with van der Waals surface area (Å²) in [5.41, 5.74) is 1.66. The van der Waals surface area contributed by atoms with Crippen LogP contribution in [0, 0.1) is 0 Å². The number of aromatic hydroxyl groups is 1. The molecule has 1 saturated heterocycles. The van der Waals surface area contributed by atoms with E-state index in [-0.39, 0.29) is 5.75 Å². The lowest BCUT2D eigenvalue weighted by molar-refractivity contribution is -0.364. The number of aliphatic hydroxyl groups is 4. The maximum absolute atomic E-state index is 10.5. The van der Waals surface area contributed by atoms with Gasteiger partial charge >= 0.3 is 0 Å². The Labute approximate surface area is 165 Å². The van der Waals surface area contributed by atoms with Gasteiger partial charge in [0, 0.05) is 7.11 Å². The molecule has 0 bridgehead atoms. The lowest BCUT2D eigenvalue weighted by atomic mass is 9.91. The molecule has 9 heteroatoms. The molecule has 0 radical (unpaired) electrons. The second-order valence-corrected chi connectivity index (χ2v) is 8.04. The van der Waals surface area contributed by atoms with Crippen LogP contribution >= 0.6 is 22.9 Å². The SMILES string of the molecule is COC1(c2cc(Cc3ccc(O)cc3)c(Cl)s2)O[C@H](CO)[C@@H](O)[C@H](O)[C@H]1O. The molecule has 2 heterocycles. The fourth-order valence-corrected chi connectivity index (χ4v) is 4.57. The van der Waals surface area contributed by atoms with Crippen LogP contribution in [0.15, 0.2) is 30.3 Å². The standard InChI is InChI=1S/C18H21ClO7S/c1-25-18(16(24)15(23)14(22)12(8-20)26-18)13-7-10(17(19)27-13)6-9-2-4-11(21)5-3-9/h2-5,7,12,14-16,20-24H,6,8H2,1H3/t12-,14-,15+,16-,18?/m1/s1. The number of thiophene rings is 1. The molecule has 1 unspecified atom stereocenters. The van der Waals surface area contributed by atoms with Gasteiger partial charge in [-0.2, -0.15) is 0 Å². The maximum atomic E-state index is 10.5. The molecule has 0 amide bonds. The minimum Gasteiger partial charge on any atom is -0.508 e. The molecule has 1 aromatic carbocycles. The van der Waals surface area contributed by atoms with Crippen molar-refractivity contribution in [2.45, 2.75) is 36.6 Å². The molecule has 5 N–H and O–H groups in total. The lowest BCUT2D eigenvalue weighted by Crippen LogP contribution is -2.64. The molecule has 1 aromatic heterocycles. The highest BCUT2D eigenvalue weighted by atomic mass is 35.5. The van der Waals surface area contributed by atoms with Crippen LogP contribution in [0.5, 0.6) is 5.75 Å². The molecule has 148 valence electrons. The zero-order chi connectivity index (χ0) is 19.8. The van der Waals surface area contributed by atoms with E-state index in [2.05, 4.69) is 0 Å². The molecular weight excluding hydrogens is 396 g/mol. The van der Waals surface area contributed by atoms with Gasteiger partial charge in [0.1, 0.15) is 30.2 Å². The lowest BCUT2D eigenvalue weighted by Gasteiger charge is -2.46. The summed E-state index contributed by atoms with van der Waals surface area (Å²) in [7, 11) is 1.30. The predicted octanol–water partition coefficient (Wildman–Crippen LogP) is 0.971. The molecule has 1 fully saturated rings. The molecule has 2 aromatic rings. The number of methoxy groups -OCH3 is 1. The van der Waals surface area contributed by atoms with Crippen LogP contribution in [-0.4, -0.2) is 63.7 Å². The summed E-state index contributed by atoms with van der Waals surface area (Å²) >= 11 is 7.48. The van der Waals surface area contributed by atoms with E-state index in [0.717, 1.165) is 22.5 Å². The smallest absolute Gasteiger partial charge is 0.234 e. The van der Waals surface area contributed by atoms with Crippen molar-refractivity contribution in [1.82, 2.24) is 0 Å². The van der Waals surface area contributed by atoms with Crippen molar-refractivity contribution in [3.8, 4) is 5.75 Å². The van der Waals surface area contributed by atoms with Crippen LogP contribution in [0.2, 0.25) is 4.34 Å². The molecule has 1 aliphatic rings. The molecule has 27 heavy (non-hydrogen) atoms. The van der Waals surface area contributed by atoms with Crippen LogP contribution in [0.1, 0.15) is 16.0 Å². The second kappa shape index (κ2) is 8.02. The van der Waals surface area contributed by atoms with E-state index < -0.39 is 36.8 Å². The Hall–Kier alpha value is -1.23. The van der Waals surface area contributed by atoms with E-state index in [1.165, 1.54) is 7.11 Å². The number of hydrogen-bond donors (Lipinski definition) is 5. The summed E-state index contributed by atoms with van der Waals surface area (Å²) in [6.45, 7) is -0.560. The van der Waals surface area contributed by atoms with E-state index in [1.807, 2.05) is 0 Å². The van der Waals surface area contributed by atoms with Gasteiger partial charge in [-0.3, -0.25) is 0 Å². The van der Waals surface area contributed by atoms with Crippen molar-refractivity contribution in [2.24, 2.45) is 0 Å². The van der Waals surface area contributed by atoms with Crippen molar-refractivity contribution in [1.29, 1.82) is 0 Å². The number of aliphatic hydroxyl groups excluding tert-OH is 4. The van der Waals surface area contributed by atoms with Crippen LogP contribution < -0.4 is 0 Å². The van der Waals surface area contributed by atoms with Gasteiger partial charge in [0.15, 0.2) is 0 Å². The Kier molecular flexibility index (Phi) is 6.09. The molecule has 7 nitrogen and oxygen atoms in total. The second-order valence-electron chi connectivity index (χ2n) is 6.39. The molecule has 5 atom stereocenters. The normalized spacial score (nSPS) is 31.2. The first kappa shape index (κ1) is 20.5. The molecule has 0 spiro atoms. The first-order valence-corrected chi connectivity index (χ1v) is 9.46. The highest BCUT2D eigenvalue weighted by Gasteiger charge is 2.56. The molecule has 1 aliphatic heterocycles. The summed E-state index contributed by atoms with van der Waals surface area (Å²) in [5.74, 6) is -1.61. The minimum atomic E-state index is -1.77. The summed E-state index contributed by atoms with van der Waals surface area (Å²) in [4.78, 5) is 0.403. The monoisotopic (exact) mass is 416 g/mol. The summed E-state index contributed by atoms with van der Waals surface area (Å²) < 4.78 is 11.6. The van der Waals surface area contributed by atoms with E-state index in [0.29, 0.717) is 15.6 Å². The largest absolute Gasteiger partial charge is 0.508 e. The molecule has 0 saturated carbocycles. The Morgan fingerprint density at radius 3 is 2.44 bits per heavy atom. The first-order valence-electron chi connectivity index (χ1n) is 8.27. The average Bonchev–Trinajstić information content (AvgIpc) is 3.03. The van der Waals surface area contributed by atoms with Crippen molar-refractivity contribution in [2.75, 3.05) is 13.7 Å². The van der Waals surface area contributed by atoms with Gasteiger partial charge in [0.05, 0.1) is 15.8 Å². The summed E-state index contributed by atoms with van der Waals surface area (Å²) in [5, 5.41) is 49.5. The number of halogens is 1. The number of rotatable bonds is 5. The third kappa shape index (κ3) is 3.72. The Morgan fingerprint density at radius 2 is 1.85 bits per heavy atom.